The molecule has 0 aliphatic rings. The van der Waals surface area contributed by atoms with Gasteiger partial charge in [0.1, 0.15) is 0 Å². The van der Waals surface area contributed by atoms with E-state index in [0.29, 0.717) is 12.5 Å². The van der Waals surface area contributed by atoms with E-state index in [1.807, 2.05) is 14.1 Å². The Morgan fingerprint density at radius 3 is 2.18 bits per heavy atom. The SMILES string of the molecule is CC(C)C(CNC(=O)CNC(=O)CN)N(C)C. The summed E-state index contributed by atoms with van der Waals surface area (Å²) in [6.45, 7) is 4.66. The van der Waals surface area contributed by atoms with Gasteiger partial charge in [-0.15, -0.1) is 0 Å². The van der Waals surface area contributed by atoms with Crippen LogP contribution in [0.2, 0.25) is 0 Å². The first-order valence-corrected chi connectivity index (χ1v) is 5.78. The number of nitrogens with two attached hydrogens (primary N) is 1. The molecule has 1 atom stereocenters. The van der Waals surface area contributed by atoms with Gasteiger partial charge in [-0.1, -0.05) is 13.8 Å². The highest BCUT2D eigenvalue weighted by molar-refractivity contribution is 5.85. The third-order valence-electron chi connectivity index (χ3n) is 2.57. The van der Waals surface area contributed by atoms with Gasteiger partial charge in [0.2, 0.25) is 11.8 Å². The number of carbonyl (C=O) groups is 2. The Labute approximate surface area is 103 Å². The molecule has 1 unspecified atom stereocenters. The number of hydrogen-bond acceptors (Lipinski definition) is 4. The van der Waals surface area contributed by atoms with Crippen molar-refractivity contribution in [3.8, 4) is 0 Å². The molecule has 0 aliphatic heterocycles. The predicted molar refractivity (Wildman–Crippen MR) is 67.4 cm³/mol. The molecule has 2 amide bonds. The number of nitrogens with zero attached hydrogens (tertiary/aromatic N) is 1. The lowest BCUT2D eigenvalue weighted by molar-refractivity contribution is -0.125. The van der Waals surface area contributed by atoms with E-state index in [2.05, 4.69) is 29.4 Å². The fourth-order valence-corrected chi connectivity index (χ4v) is 1.55. The van der Waals surface area contributed by atoms with Gasteiger partial charge in [-0.25, -0.2) is 0 Å². The molecule has 0 radical (unpaired) electrons. The van der Waals surface area contributed by atoms with E-state index in [-0.39, 0.29) is 30.9 Å². The van der Waals surface area contributed by atoms with Gasteiger partial charge < -0.3 is 21.3 Å². The van der Waals surface area contributed by atoms with Gasteiger partial charge in [-0.2, -0.15) is 0 Å². The molecule has 0 aliphatic carbocycles. The Kier molecular flexibility index (Phi) is 7.49. The molecular weight excluding hydrogens is 220 g/mol. The van der Waals surface area contributed by atoms with Crippen molar-refractivity contribution in [1.29, 1.82) is 0 Å². The number of hydrogen-bond donors (Lipinski definition) is 3. The van der Waals surface area contributed by atoms with E-state index in [0.717, 1.165) is 0 Å². The zero-order valence-corrected chi connectivity index (χ0v) is 11.1. The third kappa shape index (κ3) is 6.91. The van der Waals surface area contributed by atoms with Crippen LogP contribution in [-0.4, -0.2) is 56.5 Å². The summed E-state index contributed by atoms with van der Waals surface area (Å²) in [5.41, 5.74) is 5.11. The van der Waals surface area contributed by atoms with Gasteiger partial charge in [0.05, 0.1) is 13.1 Å². The lowest BCUT2D eigenvalue weighted by Gasteiger charge is -2.28. The highest BCUT2D eigenvalue weighted by atomic mass is 16.2. The molecule has 0 saturated carbocycles. The van der Waals surface area contributed by atoms with Crippen molar-refractivity contribution in [3.05, 3.63) is 0 Å². The second kappa shape index (κ2) is 8.03. The summed E-state index contributed by atoms with van der Waals surface area (Å²) in [6.07, 6.45) is 0. The Morgan fingerprint density at radius 2 is 1.76 bits per heavy atom. The zero-order valence-electron chi connectivity index (χ0n) is 11.1. The maximum Gasteiger partial charge on any atom is 0.239 e. The number of carbonyl (C=O) groups excluding carboxylic acids is 2. The molecule has 17 heavy (non-hydrogen) atoms. The summed E-state index contributed by atoms with van der Waals surface area (Å²) >= 11 is 0. The van der Waals surface area contributed by atoms with Gasteiger partial charge in [0, 0.05) is 12.6 Å². The number of amides is 2. The van der Waals surface area contributed by atoms with Crippen LogP contribution in [0.5, 0.6) is 0 Å². The van der Waals surface area contributed by atoms with Crippen molar-refractivity contribution in [2.75, 3.05) is 33.7 Å². The van der Waals surface area contributed by atoms with Gasteiger partial charge in [-0.3, -0.25) is 9.59 Å². The summed E-state index contributed by atoms with van der Waals surface area (Å²) in [5, 5.41) is 5.21. The molecule has 0 rings (SSSR count). The molecule has 0 aromatic heterocycles. The van der Waals surface area contributed by atoms with Crippen LogP contribution in [0.1, 0.15) is 13.8 Å². The van der Waals surface area contributed by atoms with Crippen molar-refractivity contribution in [1.82, 2.24) is 15.5 Å². The lowest BCUT2D eigenvalue weighted by Crippen LogP contribution is -2.46. The summed E-state index contributed by atoms with van der Waals surface area (Å²) in [6, 6.07) is 0.282. The first-order chi connectivity index (χ1) is 7.88. The molecule has 0 aromatic carbocycles. The average molecular weight is 244 g/mol. The highest BCUT2D eigenvalue weighted by Crippen LogP contribution is 2.05. The molecule has 0 spiro atoms. The maximum absolute atomic E-state index is 11.4. The van der Waals surface area contributed by atoms with Gasteiger partial charge >= 0.3 is 0 Å². The topological polar surface area (TPSA) is 87.5 Å². The summed E-state index contributed by atoms with van der Waals surface area (Å²) in [7, 11) is 3.96. The van der Waals surface area contributed by atoms with E-state index in [9.17, 15) is 9.59 Å². The van der Waals surface area contributed by atoms with Crippen LogP contribution in [0, 0.1) is 5.92 Å². The van der Waals surface area contributed by atoms with Crippen molar-refractivity contribution >= 4 is 11.8 Å². The molecule has 0 saturated heterocycles. The van der Waals surface area contributed by atoms with E-state index in [4.69, 9.17) is 5.73 Å². The normalized spacial score (nSPS) is 12.6. The molecule has 0 bridgehead atoms. The van der Waals surface area contributed by atoms with Crippen molar-refractivity contribution in [2.24, 2.45) is 11.7 Å². The Bertz CT molecular complexity index is 246. The zero-order chi connectivity index (χ0) is 13.4. The molecule has 0 heterocycles. The molecule has 100 valence electrons. The molecule has 6 heteroatoms. The first kappa shape index (κ1) is 15.9. The number of likely N-dealkylation sites (N-methyl/N-ethyl adjacent to an activating group) is 1. The molecule has 4 N–H and O–H groups in total. The minimum atomic E-state index is -0.326. The fraction of sp³-hybridized carbons (Fsp3) is 0.818. The standard InChI is InChI=1S/C11H24N4O2/c1-8(2)9(15(3)4)6-13-11(17)7-14-10(16)5-12/h8-9H,5-7,12H2,1-4H3,(H,13,17)(H,14,16). The summed E-state index contributed by atoms with van der Waals surface area (Å²) in [4.78, 5) is 24.3. The van der Waals surface area contributed by atoms with Crippen LogP contribution in [0.4, 0.5) is 0 Å². The molecule has 0 fully saturated rings. The summed E-state index contributed by atoms with van der Waals surface area (Å²) < 4.78 is 0. The minimum Gasteiger partial charge on any atom is -0.353 e. The maximum atomic E-state index is 11.4. The number of nitrogens with one attached hydrogen (secondary N) is 2. The van der Waals surface area contributed by atoms with Crippen molar-refractivity contribution < 1.29 is 9.59 Å². The van der Waals surface area contributed by atoms with Crippen LogP contribution < -0.4 is 16.4 Å². The fourth-order valence-electron chi connectivity index (χ4n) is 1.55. The predicted octanol–water partition coefficient (Wildman–Crippen LogP) is -1.24. The quantitative estimate of drug-likeness (QED) is 0.523. The number of rotatable bonds is 7. The average Bonchev–Trinajstić information content (AvgIpc) is 2.25. The molecular formula is C11H24N4O2. The van der Waals surface area contributed by atoms with Crippen molar-refractivity contribution in [3.63, 3.8) is 0 Å². The monoisotopic (exact) mass is 244 g/mol. The van der Waals surface area contributed by atoms with Crippen molar-refractivity contribution in [2.45, 2.75) is 19.9 Å². The van der Waals surface area contributed by atoms with Crippen LogP contribution >= 0.6 is 0 Å². The van der Waals surface area contributed by atoms with E-state index in [1.54, 1.807) is 0 Å². The molecule has 0 aromatic rings. The second-order valence-corrected chi connectivity index (χ2v) is 4.56. The Morgan fingerprint density at radius 1 is 1.18 bits per heavy atom. The van der Waals surface area contributed by atoms with Crippen LogP contribution in [0.3, 0.4) is 0 Å². The Hall–Kier alpha value is -1.14. The first-order valence-electron chi connectivity index (χ1n) is 5.78. The van der Waals surface area contributed by atoms with Gasteiger partial charge in [0.25, 0.3) is 0 Å². The second-order valence-electron chi connectivity index (χ2n) is 4.56. The van der Waals surface area contributed by atoms with E-state index in [1.165, 1.54) is 0 Å². The lowest BCUT2D eigenvalue weighted by atomic mass is 10.0. The van der Waals surface area contributed by atoms with Crippen LogP contribution in [0.15, 0.2) is 0 Å². The van der Waals surface area contributed by atoms with Gasteiger partial charge in [-0.05, 0) is 20.0 Å². The van der Waals surface area contributed by atoms with Crippen LogP contribution in [-0.2, 0) is 9.59 Å². The smallest absolute Gasteiger partial charge is 0.239 e. The third-order valence-corrected chi connectivity index (χ3v) is 2.57. The van der Waals surface area contributed by atoms with Crippen LogP contribution in [0.25, 0.3) is 0 Å². The van der Waals surface area contributed by atoms with E-state index < -0.39 is 0 Å². The van der Waals surface area contributed by atoms with Gasteiger partial charge in [0.15, 0.2) is 0 Å². The van der Waals surface area contributed by atoms with E-state index >= 15 is 0 Å². The minimum absolute atomic E-state index is 0.0196. The highest BCUT2D eigenvalue weighted by Gasteiger charge is 2.16. The Balaban J connectivity index is 3.93. The molecule has 6 nitrogen and oxygen atoms in total. The largest absolute Gasteiger partial charge is 0.353 e. The summed E-state index contributed by atoms with van der Waals surface area (Å²) in [5.74, 6) is -0.0728.